The van der Waals surface area contributed by atoms with Crippen molar-refractivity contribution in [2.24, 2.45) is 0 Å². The maximum Gasteiger partial charge on any atom is 0.255 e. The molecule has 0 saturated heterocycles. The maximum atomic E-state index is 13.8. The predicted octanol–water partition coefficient (Wildman–Crippen LogP) is 4.81. The van der Waals surface area contributed by atoms with Crippen LogP contribution in [0.4, 0.5) is 30.4 Å². The van der Waals surface area contributed by atoms with E-state index in [4.69, 9.17) is 4.74 Å². The molecule has 0 atom stereocenters. The van der Waals surface area contributed by atoms with E-state index >= 15 is 0 Å². The minimum absolute atomic E-state index is 0.0914. The number of aromatic nitrogens is 1. The van der Waals surface area contributed by atoms with Gasteiger partial charge >= 0.3 is 0 Å². The number of benzene rings is 2. The van der Waals surface area contributed by atoms with Gasteiger partial charge in [0.05, 0.1) is 18.5 Å². The van der Waals surface area contributed by atoms with E-state index in [0.29, 0.717) is 11.4 Å². The summed E-state index contributed by atoms with van der Waals surface area (Å²) in [7, 11) is 1.49. The highest BCUT2D eigenvalue weighted by atomic mass is 19.2. The van der Waals surface area contributed by atoms with E-state index in [1.54, 1.807) is 12.1 Å². The molecule has 1 amide bonds. The van der Waals surface area contributed by atoms with Gasteiger partial charge in [0.1, 0.15) is 11.6 Å². The van der Waals surface area contributed by atoms with Gasteiger partial charge in [0.15, 0.2) is 17.5 Å². The first kappa shape index (κ1) is 19.2. The Bertz CT molecular complexity index is 1040. The minimum Gasteiger partial charge on any atom is -0.495 e. The summed E-state index contributed by atoms with van der Waals surface area (Å²) >= 11 is 0. The highest BCUT2D eigenvalue weighted by Crippen LogP contribution is 2.26. The van der Waals surface area contributed by atoms with Crippen LogP contribution in [0.2, 0.25) is 0 Å². The van der Waals surface area contributed by atoms with Crippen LogP contribution in [0.25, 0.3) is 0 Å². The molecule has 0 unspecified atom stereocenters. The molecule has 5 nitrogen and oxygen atoms in total. The van der Waals surface area contributed by atoms with Crippen molar-refractivity contribution in [3.63, 3.8) is 0 Å². The molecule has 0 saturated carbocycles. The van der Waals surface area contributed by atoms with Gasteiger partial charge in [0.25, 0.3) is 5.91 Å². The third-order valence-corrected chi connectivity index (χ3v) is 3.92. The molecular formula is C20H16F3N3O2. The number of aryl methyl sites for hydroxylation is 1. The molecule has 3 rings (SSSR count). The third-order valence-electron chi connectivity index (χ3n) is 3.92. The third kappa shape index (κ3) is 4.06. The zero-order chi connectivity index (χ0) is 20.3. The van der Waals surface area contributed by atoms with Crippen molar-refractivity contribution in [2.45, 2.75) is 6.92 Å². The van der Waals surface area contributed by atoms with Gasteiger partial charge < -0.3 is 15.4 Å². The monoisotopic (exact) mass is 387 g/mol. The summed E-state index contributed by atoms with van der Waals surface area (Å²) in [6.45, 7) is 1.87. The predicted molar refractivity (Wildman–Crippen MR) is 99.5 cm³/mol. The van der Waals surface area contributed by atoms with Gasteiger partial charge in [-0.25, -0.2) is 18.2 Å². The molecular weight excluding hydrogens is 371 g/mol. The standard InChI is InChI=1S/C20H16F3N3O2/c1-11-3-6-16(28-2)15(9-11)26-20(27)12-7-8-24-17(10-12)25-14-5-4-13(21)18(22)19(14)23/h3-10H,1-2H3,(H,24,25)(H,26,27). The average Bonchev–Trinajstić information content (AvgIpc) is 2.69. The number of nitrogens with one attached hydrogen (secondary N) is 2. The molecule has 0 aliphatic rings. The van der Waals surface area contributed by atoms with E-state index in [-0.39, 0.29) is 17.1 Å². The molecule has 3 aromatic rings. The number of carbonyl (C=O) groups excluding carboxylic acids is 1. The van der Waals surface area contributed by atoms with Crippen LogP contribution in [-0.4, -0.2) is 18.0 Å². The normalized spacial score (nSPS) is 10.5. The van der Waals surface area contributed by atoms with Crippen molar-refractivity contribution >= 4 is 23.1 Å². The molecule has 28 heavy (non-hydrogen) atoms. The topological polar surface area (TPSA) is 63.2 Å². The fourth-order valence-corrected chi connectivity index (χ4v) is 2.51. The number of carbonyl (C=O) groups is 1. The molecule has 144 valence electrons. The Morgan fingerprint density at radius 2 is 1.79 bits per heavy atom. The Morgan fingerprint density at radius 3 is 2.54 bits per heavy atom. The lowest BCUT2D eigenvalue weighted by molar-refractivity contribution is 0.102. The molecule has 0 aliphatic heterocycles. The van der Waals surface area contributed by atoms with E-state index in [1.807, 2.05) is 13.0 Å². The molecule has 2 N–H and O–H groups in total. The molecule has 0 bridgehead atoms. The molecule has 2 aromatic carbocycles. The number of hydrogen-bond donors (Lipinski definition) is 2. The van der Waals surface area contributed by atoms with Crippen LogP contribution in [-0.2, 0) is 0 Å². The lowest BCUT2D eigenvalue weighted by atomic mass is 10.2. The number of anilines is 3. The van der Waals surface area contributed by atoms with Gasteiger partial charge in [-0.2, -0.15) is 0 Å². The van der Waals surface area contributed by atoms with Gasteiger partial charge in [-0.15, -0.1) is 0 Å². The van der Waals surface area contributed by atoms with E-state index < -0.39 is 23.4 Å². The number of methoxy groups -OCH3 is 1. The lowest BCUT2D eigenvalue weighted by Gasteiger charge is -2.12. The molecule has 0 aliphatic carbocycles. The Labute approximate surface area is 159 Å². The molecule has 1 heterocycles. The number of amides is 1. The number of rotatable bonds is 5. The molecule has 8 heteroatoms. The summed E-state index contributed by atoms with van der Waals surface area (Å²) < 4.78 is 45.4. The maximum absolute atomic E-state index is 13.8. The second-order valence-electron chi connectivity index (χ2n) is 5.94. The van der Waals surface area contributed by atoms with E-state index in [9.17, 15) is 18.0 Å². The first-order valence-electron chi connectivity index (χ1n) is 8.21. The van der Waals surface area contributed by atoms with Gasteiger partial charge in [0.2, 0.25) is 0 Å². The molecule has 1 aromatic heterocycles. The largest absolute Gasteiger partial charge is 0.495 e. The lowest BCUT2D eigenvalue weighted by Crippen LogP contribution is -2.13. The zero-order valence-electron chi connectivity index (χ0n) is 15.0. The Morgan fingerprint density at radius 1 is 1.00 bits per heavy atom. The summed E-state index contributed by atoms with van der Waals surface area (Å²) in [5.41, 5.74) is 1.35. The first-order chi connectivity index (χ1) is 13.4. The van der Waals surface area contributed by atoms with Crippen molar-refractivity contribution in [3.8, 4) is 5.75 Å². The van der Waals surface area contributed by atoms with Crippen molar-refractivity contribution in [1.82, 2.24) is 4.98 Å². The number of ether oxygens (including phenoxy) is 1. The molecule has 0 spiro atoms. The van der Waals surface area contributed by atoms with Crippen molar-refractivity contribution in [1.29, 1.82) is 0 Å². The van der Waals surface area contributed by atoms with E-state index in [1.165, 1.54) is 25.4 Å². The van der Waals surface area contributed by atoms with Crippen LogP contribution >= 0.6 is 0 Å². The summed E-state index contributed by atoms with van der Waals surface area (Å²) in [4.78, 5) is 16.5. The van der Waals surface area contributed by atoms with Crippen LogP contribution in [0.1, 0.15) is 15.9 Å². The summed E-state index contributed by atoms with van der Waals surface area (Å²) in [5.74, 6) is -4.12. The van der Waals surface area contributed by atoms with Crippen molar-refractivity contribution in [3.05, 3.63) is 77.2 Å². The van der Waals surface area contributed by atoms with Gasteiger partial charge in [-0.05, 0) is 48.9 Å². The highest BCUT2D eigenvalue weighted by molar-refractivity contribution is 6.05. The summed E-state index contributed by atoms with van der Waals surface area (Å²) in [5, 5.41) is 5.27. The molecule has 0 radical (unpaired) electrons. The number of halogens is 3. The van der Waals surface area contributed by atoms with E-state index in [0.717, 1.165) is 17.7 Å². The first-order valence-corrected chi connectivity index (χ1v) is 8.21. The second kappa shape index (κ2) is 7.99. The summed E-state index contributed by atoms with van der Waals surface area (Å²) in [6, 6.07) is 9.99. The number of nitrogens with zero attached hydrogens (tertiary/aromatic N) is 1. The van der Waals surface area contributed by atoms with Crippen LogP contribution in [0, 0.1) is 24.4 Å². The fraction of sp³-hybridized carbons (Fsp3) is 0.100. The Hall–Kier alpha value is -3.55. The molecule has 0 fully saturated rings. The Kier molecular flexibility index (Phi) is 5.49. The van der Waals surface area contributed by atoms with Gasteiger partial charge in [-0.1, -0.05) is 6.07 Å². The van der Waals surface area contributed by atoms with Gasteiger partial charge in [-0.3, -0.25) is 4.79 Å². The highest BCUT2D eigenvalue weighted by Gasteiger charge is 2.15. The zero-order valence-corrected chi connectivity index (χ0v) is 15.0. The van der Waals surface area contributed by atoms with Gasteiger partial charge in [0, 0.05) is 11.8 Å². The summed E-state index contributed by atoms with van der Waals surface area (Å²) in [6.07, 6.45) is 1.34. The van der Waals surface area contributed by atoms with Crippen LogP contribution in [0.15, 0.2) is 48.7 Å². The van der Waals surface area contributed by atoms with Crippen LogP contribution in [0.5, 0.6) is 5.75 Å². The van der Waals surface area contributed by atoms with Crippen molar-refractivity contribution < 1.29 is 22.7 Å². The van der Waals surface area contributed by atoms with Crippen molar-refractivity contribution in [2.75, 3.05) is 17.7 Å². The minimum atomic E-state index is -1.59. The van der Waals surface area contributed by atoms with Crippen LogP contribution < -0.4 is 15.4 Å². The number of pyridine rings is 1. The number of hydrogen-bond acceptors (Lipinski definition) is 4. The smallest absolute Gasteiger partial charge is 0.255 e. The van der Waals surface area contributed by atoms with Crippen LogP contribution in [0.3, 0.4) is 0 Å². The quantitative estimate of drug-likeness (QED) is 0.617. The fourth-order valence-electron chi connectivity index (χ4n) is 2.51. The Balaban J connectivity index is 1.83. The van der Waals surface area contributed by atoms with E-state index in [2.05, 4.69) is 15.6 Å². The SMILES string of the molecule is COc1ccc(C)cc1NC(=O)c1ccnc(Nc2ccc(F)c(F)c2F)c1. The second-order valence-corrected chi connectivity index (χ2v) is 5.94. The average molecular weight is 387 g/mol.